The van der Waals surface area contributed by atoms with Gasteiger partial charge in [0.1, 0.15) is 5.75 Å². The molecule has 5 atom stereocenters. The monoisotopic (exact) mass is 400 g/mol. The average molecular weight is 401 g/mol. The largest absolute Gasteiger partial charge is 0.465 e. The molecule has 5 heteroatoms. The summed E-state index contributed by atoms with van der Waals surface area (Å²) in [5.41, 5.74) is 1.91. The van der Waals surface area contributed by atoms with Crippen LogP contribution in [-0.4, -0.2) is 25.2 Å². The molecule has 0 spiro atoms. The van der Waals surface area contributed by atoms with Crippen LogP contribution in [0.1, 0.15) is 59.1 Å². The molecule has 158 valence electrons. The van der Waals surface area contributed by atoms with Gasteiger partial charge in [-0.05, 0) is 24.8 Å². The maximum Gasteiger partial charge on any atom is 0.310 e. The van der Waals surface area contributed by atoms with Gasteiger partial charge in [-0.1, -0.05) is 57.5 Å². The number of fused-ring (bicyclic) bond motifs is 2. The highest BCUT2D eigenvalue weighted by Gasteiger charge is 2.54. The van der Waals surface area contributed by atoms with E-state index in [1.807, 2.05) is 31.2 Å². The van der Waals surface area contributed by atoms with Crippen molar-refractivity contribution in [3.63, 3.8) is 0 Å². The van der Waals surface area contributed by atoms with E-state index < -0.39 is 0 Å². The van der Waals surface area contributed by atoms with Crippen LogP contribution in [0.25, 0.3) is 0 Å². The first-order valence-corrected chi connectivity index (χ1v) is 10.6. The predicted molar refractivity (Wildman–Crippen MR) is 110 cm³/mol. The molecule has 0 N–H and O–H groups in total. The first kappa shape index (κ1) is 21.6. The van der Waals surface area contributed by atoms with Crippen LogP contribution in [-0.2, 0) is 19.1 Å². The summed E-state index contributed by atoms with van der Waals surface area (Å²) in [4.78, 5) is 23.7. The van der Waals surface area contributed by atoms with Gasteiger partial charge in [0.2, 0.25) is 0 Å². The molecule has 3 rings (SSSR count). The molecule has 0 aromatic heterocycles. The highest BCUT2D eigenvalue weighted by Crippen LogP contribution is 2.57. The molecule has 1 aromatic rings. The summed E-state index contributed by atoms with van der Waals surface area (Å²) in [5, 5.41) is 0. The van der Waals surface area contributed by atoms with Gasteiger partial charge in [-0.15, -0.1) is 0 Å². The molecule has 2 bridgehead atoms. The third kappa shape index (κ3) is 3.97. The van der Waals surface area contributed by atoms with Gasteiger partial charge >= 0.3 is 11.9 Å². The Morgan fingerprint density at radius 3 is 2.52 bits per heavy atom. The van der Waals surface area contributed by atoms with Crippen molar-refractivity contribution in [3.8, 4) is 5.75 Å². The molecule has 0 amide bonds. The topological polar surface area (TPSA) is 61.8 Å². The van der Waals surface area contributed by atoms with Gasteiger partial charge in [-0.25, -0.2) is 0 Å². The molecule has 1 saturated heterocycles. The van der Waals surface area contributed by atoms with Gasteiger partial charge in [0, 0.05) is 29.7 Å². The molecule has 0 radical (unpaired) electrons. The van der Waals surface area contributed by atoms with E-state index in [0.29, 0.717) is 31.8 Å². The Hall–Kier alpha value is -2.14. The van der Waals surface area contributed by atoms with Crippen LogP contribution in [0.4, 0.5) is 0 Å². The van der Waals surface area contributed by atoms with E-state index >= 15 is 0 Å². The molecule has 5 nitrogen and oxygen atoms in total. The first-order valence-electron chi connectivity index (χ1n) is 10.6. The van der Waals surface area contributed by atoms with Crippen LogP contribution in [0.5, 0.6) is 5.75 Å². The minimum atomic E-state index is -0.258. The highest BCUT2D eigenvalue weighted by atomic mass is 16.5. The van der Waals surface area contributed by atoms with Crippen LogP contribution in [0.15, 0.2) is 35.9 Å². The Balaban J connectivity index is 1.94. The zero-order valence-electron chi connectivity index (χ0n) is 18.1. The van der Waals surface area contributed by atoms with E-state index in [1.165, 1.54) is 5.57 Å². The van der Waals surface area contributed by atoms with Gasteiger partial charge in [0.25, 0.3) is 0 Å². The Labute approximate surface area is 173 Å². The molecule has 2 aliphatic rings. The van der Waals surface area contributed by atoms with Gasteiger partial charge in [0.15, 0.2) is 0 Å². The van der Waals surface area contributed by atoms with Crippen molar-refractivity contribution in [2.75, 3.05) is 13.2 Å². The smallest absolute Gasteiger partial charge is 0.310 e. The molecule has 1 heterocycles. The number of hydrogen-bond donors (Lipinski definition) is 0. The number of allylic oxidation sites excluding steroid dienone is 1. The predicted octanol–water partition coefficient (Wildman–Crippen LogP) is 4.86. The van der Waals surface area contributed by atoms with Gasteiger partial charge in [0.05, 0.1) is 19.3 Å². The summed E-state index contributed by atoms with van der Waals surface area (Å²) in [6.07, 6.45) is 2.78. The van der Waals surface area contributed by atoms with Gasteiger partial charge in [-0.2, -0.15) is 0 Å². The zero-order valence-corrected chi connectivity index (χ0v) is 18.1. The van der Waals surface area contributed by atoms with E-state index in [-0.39, 0.29) is 41.2 Å². The Bertz CT molecular complexity index is 798. The standard InChI is InChI=1S/C24H32O5/c1-6-20(25)27-13-24-14-28-23(22(17(24)5)15(3)12-16(24)4)18-10-8-9-11-19(18)29-21(26)7-2/h8-12,16-17,22-23H,6-7,13-14H2,1-5H3/t16-,17-,22+,23-,24+/m1/s1. The third-order valence-corrected chi connectivity index (χ3v) is 6.78. The van der Waals surface area contributed by atoms with Crippen molar-refractivity contribution in [2.45, 2.75) is 53.6 Å². The SMILES string of the molecule is CCC(=O)OC[C@]12CO[C@H](c3ccccc3OC(=O)CC)[C@@H](C(C)=C[C@H]1C)[C@H]2C. The van der Waals surface area contributed by atoms with Crippen molar-refractivity contribution < 1.29 is 23.8 Å². The molecular formula is C24H32O5. The van der Waals surface area contributed by atoms with Crippen LogP contribution < -0.4 is 4.74 Å². The van der Waals surface area contributed by atoms with Gasteiger partial charge in [-0.3, -0.25) is 9.59 Å². The van der Waals surface area contributed by atoms with Crippen molar-refractivity contribution in [3.05, 3.63) is 41.5 Å². The number of esters is 2. The molecule has 1 aliphatic heterocycles. The molecule has 1 aliphatic carbocycles. The number of ether oxygens (including phenoxy) is 3. The van der Waals surface area contributed by atoms with Crippen molar-refractivity contribution in [2.24, 2.45) is 23.2 Å². The number of para-hydroxylation sites is 1. The molecule has 1 fully saturated rings. The number of rotatable bonds is 6. The van der Waals surface area contributed by atoms with Crippen LogP contribution in [0, 0.1) is 23.2 Å². The summed E-state index contributed by atoms with van der Waals surface area (Å²) in [6, 6.07) is 7.62. The summed E-state index contributed by atoms with van der Waals surface area (Å²) in [5.74, 6) is 0.746. The van der Waals surface area contributed by atoms with Crippen molar-refractivity contribution >= 4 is 11.9 Å². The summed E-state index contributed by atoms with van der Waals surface area (Å²) in [6.45, 7) is 11.0. The average Bonchev–Trinajstić information content (AvgIpc) is 2.71. The minimum Gasteiger partial charge on any atom is -0.465 e. The molecule has 29 heavy (non-hydrogen) atoms. The summed E-state index contributed by atoms with van der Waals surface area (Å²) < 4.78 is 17.6. The fourth-order valence-corrected chi connectivity index (χ4v) is 4.86. The fraction of sp³-hybridized carbons (Fsp3) is 0.583. The van der Waals surface area contributed by atoms with E-state index in [2.05, 4.69) is 26.8 Å². The third-order valence-electron chi connectivity index (χ3n) is 6.78. The molecule has 0 saturated carbocycles. The zero-order chi connectivity index (χ0) is 21.2. The first-order chi connectivity index (χ1) is 13.8. The summed E-state index contributed by atoms with van der Waals surface area (Å²) >= 11 is 0. The number of benzene rings is 1. The molecular weight excluding hydrogens is 368 g/mol. The lowest BCUT2D eigenvalue weighted by Gasteiger charge is -2.55. The maximum atomic E-state index is 11.9. The second-order valence-electron chi connectivity index (χ2n) is 8.36. The maximum absolute atomic E-state index is 11.9. The quantitative estimate of drug-likeness (QED) is 0.388. The number of carbonyl (C=O) groups is 2. The second kappa shape index (κ2) is 8.70. The minimum absolute atomic E-state index is 0.127. The van der Waals surface area contributed by atoms with E-state index in [4.69, 9.17) is 14.2 Å². The van der Waals surface area contributed by atoms with Crippen LogP contribution in [0.2, 0.25) is 0 Å². The van der Waals surface area contributed by atoms with E-state index in [1.54, 1.807) is 6.92 Å². The second-order valence-corrected chi connectivity index (χ2v) is 8.36. The van der Waals surface area contributed by atoms with E-state index in [9.17, 15) is 9.59 Å². The Morgan fingerprint density at radius 2 is 1.83 bits per heavy atom. The Morgan fingerprint density at radius 1 is 1.14 bits per heavy atom. The molecule has 1 aromatic carbocycles. The lowest BCUT2D eigenvalue weighted by Crippen LogP contribution is -2.54. The Kier molecular flexibility index (Phi) is 6.47. The normalized spacial score (nSPS) is 31.0. The lowest BCUT2D eigenvalue weighted by molar-refractivity contribution is -0.182. The molecule has 0 unspecified atom stereocenters. The summed E-state index contributed by atoms with van der Waals surface area (Å²) in [7, 11) is 0. The van der Waals surface area contributed by atoms with Crippen molar-refractivity contribution in [1.29, 1.82) is 0 Å². The highest BCUT2D eigenvalue weighted by molar-refractivity contribution is 5.72. The van der Waals surface area contributed by atoms with E-state index in [0.717, 1.165) is 5.56 Å². The van der Waals surface area contributed by atoms with Crippen LogP contribution >= 0.6 is 0 Å². The number of carbonyl (C=O) groups excluding carboxylic acids is 2. The van der Waals surface area contributed by atoms with Crippen LogP contribution in [0.3, 0.4) is 0 Å². The van der Waals surface area contributed by atoms with Crippen molar-refractivity contribution in [1.82, 2.24) is 0 Å². The lowest BCUT2D eigenvalue weighted by atomic mass is 9.56. The fourth-order valence-electron chi connectivity index (χ4n) is 4.86. The number of hydrogen-bond acceptors (Lipinski definition) is 5. The van der Waals surface area contributed by atoms with Gasteiger partial charge < -0.3 is 14.2 Å².